The Labute approximate surface area is 188 Å². The number of nitrogens with one attached hydrogen (secondary N) is 1. The summed E-state index contributed by atoms with van der Waals surface area (Å²) in [5.41, 5.74) is 0.792. The summed E-state index contributed by atoms with van der Waals surface area (Å²) in [6, 6.07) is 6.84. The molecule has 0 saturated carbocycles. The Morgan fingerprint density at radius 2 is 1.93 bits per heavy atom. The van der Waals surface area contributed by atoms with Crippen LogP contribution in [0.15, 0.2) is 29.2 Å². The second-order valence-electron chi connectivity index (χ2n) is 6.20. The molecule has 0 aromatic heterocycles. The van der Waals surface area contributed by atoms with Gasteiger partial charge >= 0.3 is 0 Å². The minimum absolute atomic E-state index is 0.106. The van der Waals surface area contributed by atoms with Crippen molar-refractivity contribution in [3.8, 4) is 5.75 Å². The summed E-state index contributed by atoms with van der Waals surface area (Å²) in [7, 11) is 0. The van der Waals surface area contributed by atoms with Crippen LogP contribution in [0.3, 0.4) is 0 Å². The highest BCUT2D eigenvalue weighted by Crippen LogP contribution is 2.34. The molecule has 0 spiro atoms. The number of alkyl halides is 3. The van der Waals surface area contributed by atoms with E-state index in [1.54, 1.807) is 49.1 Å². The van der Waals surface area contributed by atoms with Crippen LogP contribution in [0.2, 0.25) is 0 Å². The summed E-state index contributed by atoms with van der Waals surface area (Å²) in [6.07, 6.45) is 0.602. The Morgan fingerprint density at radius 3 is 2.39 bits per heavy atom. The van der Waals surface area contributed by atoms with E-state index in [1.807, 2.05) is 6.92 Å². The molecule has 10 heteroatoms. The molecule has 28 heavy (non-hydrogen) atoms. The SMILES string of the molecule is CCN1C(=O)/C(=C/c2ccc(O[C@H](NC(=O)C(C)C)C(Cl)(Cl)Cl)cc2)SC1=S. The van der Waals surface area contributed by atoms with Crippen molar-refractivity contribution in [2.45, 2.75) is 30.8 Å². The van der Waals surface area contributed by atoms with E-state index in [9.17, 15) is 9.59 Å². The Bertz CT molecular complexity index is 792. The van der Waals surface area contributed by atoms with Crippen LogP contribution in [0.1, 0.15) is 26.3 Å². The topological polar surface area (TPSA) is 58.6 Å². The third kappa shape index (κ3) is 6.00. The first-order valence-electron chi connectivity index (χ1n) is 8.42. The second-order valence-corrected chi connectivity index (χ2v) is 10.2. The van der Waals surface area contributed by atoms with Gasteiger partial charge in [-0.15, -0.1) is 0 Å². The Balaban J connectivity index is 2.13. The highest BCUT2D eigenvalue weighted by molar-refractivity contribution is 8.26. The first-order chi connectivity index (χ1) is 13.0. The molecule has 2 amide bonds. The van der Waals surface area contributed by atoms with Gasteiger partial charge in [0.2, 0.25) is 15.9 Å². The molecule has 0 unspecified atom stereocenters. The third-order valence-electron chi connectivity index (χ3n) is 3.72. The number of nitrogens with zero attached hydrogens (tertiary/aromatic N) is 1. The first-order valence-corrected chi connectivity index (χ1v) is 10.8. The molecule has 0 aliphatic carbocycles. The van der Waals surface area contributed by atoms with Crippen molar-refractivity contribution in [2.75, 3.05) is 6.54 Å². The highest BCUT2D eigenvalue weighted by atomic mass is 35.6. The fourth-order valence-electron chi connectivity index (χ4n) is 2.18. The molecule has 1 aromatic carbocycles. The van der Waals surface area contributed by atoms with Crippen LogP contribution in [0.25, 0.3) is 6.08 Å². The van der Waals surface area contributed by atoms with E-state index in [1.165, 1.54) is 11.8 Å². The van der Waals surface area contributed by atoms with Gasteiger partial charge in [-0.2, -0.15) is 0 Å². The molecule has 0 radical (unpaired) electrons. The van der Waals surface area contributed by atoms with Crippen LogP contribution in [0.5, 0.6) is 5.75 Å². The van der Waals surface area contributed by atoms with Crippen LogP contribution >= 0.6 is 58.8 Å². The molecule has 1 aromatic rings. The molecule has 2 rings (SSSR count). The summed E-state index contributed by atoms with van der Waals surface area (Å²) in [4.78, 5) is 26.3. The summed E-state index contributed by atoms with van der Waals surface area (Å²) in [5.74, 6) is -0.294. The van der Waals surface area contributed by atoms with Gasteiger partial charge in [-0.25, -0.2) is 0 Å². The second kappa shape index (κ2) is 9.67. The molecule has 5 nitrogen and oxygen atoms in total. The number of hydrogen-bond acceptors (Lipinski definition) is 5. The van der Waals surface area contributed by atoms with Crippen LogP contribution in [0.4, 0.5) is 0 Å². The van der Waals surface area contributed by atoms with E-state index in [2.05, 4.69) is 5.32 Å². The Hall–Kier alpha value is -0.990. The molecular formula is C18H19Cl3N2O3S2. The minimum Gasteiger partial charge on any atom is -0.466 e. The fourth-order valence-corrected chi connectivity index (χ4v) is 3.86. The summed E-state index contributed by atoms with van der Waals surface area (Å²) in [5, 5.41) is 2.56. The normalized spacial score (nSPS) is 17.4. The van der Waals surface area contributed by atoms with Gasteiger partial charge in [-0.05, 0) is 30.7 Å². The van der Waals surface area contributed by atoms with Gasteiger partial charge < -0.3 is 10.1 Å². The van der Waals surface area contributed by atoms with Gasteiger partial charge in [-0.1, -0.05) is 84.8 Å². The van der Waals surface area contributed by atoms with Crippen LogP contribution in [0, 0.1) is 5.92 Å². The molecule has 0 bridgehead atoms. The van der Waals surface area contributed by atoms with Crippen molar-refractivity contribution in [2.24, 2.45) is 5.92 Å². The summed E-state index contributed by atoms with van der Waals surface area (Å²) < 4.78 is 4.34. The molecular weight excluding hydrogens is 463 g/mol. The lowest BCUT2D eigenvalue weighted by Gasteiger charge is -2.27. The monoisotopic (exact) mass is 480 g/mol. The van der Waals surface area contributed by atoms with Crippen molar-refractivity contribution >= 4 is 81.0 Å². The van der Waals surface area contributed by atoms with Gasteiger partial charge in [0.05, 0.1) is 4.91 Å². The van der Waals surface area contributed by atoms with Crippen molar-refractivity contribution in [3.63, 3.8) is 0 Å². The number of amides is 2. The largest absolute Gasteiger partial charge is 0.466 e. The van der Waals surface area contributed by atoms with Crippen molar-refractivity contribution in [3.05, 3.63) is 34.7 Å². The number of thioether (sulfide) groups is 1. The molecule has 1 fully saturated rings. The number of ether oxygens (including phenoxy) is 1. The number of likely N-dealkylation sites (N-methyl/N-ethyl adjacent to an activating group) is 1. The number of rotatable bonds is 6. The van der Waals surface area contributed by atoms with E-state index in [-0.39, 0.29) is 17.7 Å². The average Bonchev–Trinajstić information content (AvgIpc) is 2.87. The molecule has 152 valence electrons. The standard InChI is InChI=1S/C18H19Cl3N2O3S2/c1-4-23-15(25)13(28-17(23)27)9-11-5-7-12(8-6-11)26-16(18(19,20)21)22-14(24)10(2)3/h5-10,16H,4H2,1-3H3,(H,22,24)/b13-9-/t16-/m0/s1. The van der Waals surface area contributed by atoms with Crippen molar-refractivity contribution in [1.29, 1.82) is 0 Å². The highest BCUT2D eigenvalue weighted by Gasteiger charge is 2.36. The maximum Gasteiger partial charge on any atom is 0.266 e. The molecule has 1 aliphatic heterocycles. The van der Waals surface area contributed by atoms with Gasteiger partial charge in [0, 0.05) is 12.5 Å². The van der Waals surface area contributed by atoms with Gasteiger partial charge in [0.1, 0.15) is 10.1 Å². The lowest BCUT2D eigenvalue weighted by molar-refractivity contribution is -0.126. The number of benzene rings is 1. The zero-order valence-corrected chi connectivity index (χ0v) is 19.3. The molecule has 1 atom stereocenters. The molecule has 1 aliphatic rings. The lowest BCUT2D eigenvalue weighted by Crippen LogP contribution is -2.49. The van der Waals surface area contributed by atoms with Gasteiger partial charge in [0.15, 0.2) is 0 Å². The van der Waals surface area contributed by atoms with E-state index >= 15 is 0 Å². The van der Waals surface area contributed by atoms with Crippen LogP contribution in [-0.2, 0) is 9.59 Å². The van der Waals surface area contributed by atoms with Crippen LogP contribution < -0.4 is 10.1 Å². The molecule has 1 saturated heterocycles. The lowest BCUT2D eigenvalue weighted by atomic mass is 10.2. The number of carbonyl (C=O) groups is 2. The van der Waals surface area contributed by atoms with Gasteiger partial charge in [-0.3, -0.25) is 14.5 Å². The zero-order chi connectivity index (χ0) is 21.1. The van der Waals surface area contributed by atoms with E-state index in [4.69, 9.17) is 51.8 Å². The minimum atomic E-state index is -1.85. The zero-order valence-electron chi connectivity index (χ0n) is 15.4. The number of halogens is 3. The predicted molar refractivity (Wildman–Crippen MR) is 120 cm³/mol. The predicted octanol–water partition coefficient (Wildman–Crippen LogP) is 4.76. The molecule has 1 heterocycles. The fraction of sp³-hybridized carbons (Fsp3) is 0.389. The smallest absolute Gasteiger partial charge is 0.266 e. The van der Waals surface area contributed by atoms with Gasteiger partial charge in [0.25, 0.3) is 5.91 Å². The van der Waals surface area contributed by atoms with Crippen LogP contribution in [-0.4, -0.2) is 37.6 Å². The van der Waals surface area contributed by atoms with E-state index in [0.717, 1.165) is 5.56 Å². The number of hydrogen-bond donors (Lipinski definition) is 1. The molecule has 1 N–H and O–H groups in total. The number of carbonyl (C=O) groups excluding carboxylic acids is 2. The van der Waals surface area contributed by atoms with Crippen molar-refractivity contribution in [1.82, 2.24) is 10.2 Å². The van der Waals surface area contributed by atoms with E-state index in [0.29, 0.717) is 21.5 Å². The maximum absolute atomic E-state index is 12.3. The third-order valence-corrected chi connectivity index (χ3v) is 5.69. The first kappa shape index (κ1) is 23.3. The van der Waals surface area contributed by atoms with Crippen molar-refractivity contribution < 1.29 is 14.3 Å². The Morgan fingerprint density at radius 1 is 1.32 bits per heavy atom. The van der Waals surface area contributed by atoms with E-state index < -0.39 is 10.0 Å². The number of thiocarbonyl (C=S) groups is 1. The summed E-state index contributed by atoms with van der Waals surface area (Å²) in [6.45, 7) is 5.86. The summed E-state index contributed by atoms with van der Waals surface area (Å²) >= 11 is 24.2. The quantitative estimate of drug-likeness (QED) is 0.275. The Kier molecular flexibility index (Phi) is 8.05. The maximum atomic E-state index is 12.3. The average molecular weight is 482 g/mol.